The minimum Gasteiger partial charge on any atom is -0.459 e. The normalized spacial score (nSPS) is 16.0. The van der Waals surface area contributed by atoms with Crippen molar-refractivity contribution < 1.29 is 23.6 Å². The van der Waals surface area contributed by atoms with Crippen LogP contribution in [0.2, 0.25) is 5.02 Å². The summed E-state index contributed by atoms with van der Waals surface area (Å²) in [6.07, 6.45) is 3.00. The van der Waals surface area contributed by atoms with Gasteiger partial charge in [-0.15, -0.1) is 0 Å². The van der Waals surface area contributed by atoms with Gasteiger partial charge in [-0.3, -0.25) is 24.1 Å². The van der Waals surface area contributed by atoms with Crippen LogP contribution in [0.25, 0.3) is 6.08 Å². The zero-order chi connectivity index (χ0) is 23.3. The van der Waals surface area contributed by atoms with Crippen LogP contribution in [0.1, 0.15) is 30.0 Å². The number of hydrogen-bond donors (Lipinski definition) is 2. The van der Waals surface area contributed by atoms with Crippen molar-refractivity contribution in [3.05, 3.63) is 63.9 Å². The third-order valence-electron chi connectivity index (χ3n) is 4.66. The Morgan fingerprint density at radius 2 is 1.91 bits per heavy atom. The molecule has 1 aromatic carbocycles. The molecule has 168 valence electrons. The Morgan fingerprint density at radius 1 is 1.19 bits per heavy atom. The maximum absolute atomic E-state index is 12.6. The van der Waals surface area contributed by atoms with Crippen LogP contribution in [0.3, 0.4) is 0 Å². The molecule has 0 spiro atoms. The highest BCUT2D eigenvalue weighted by Crippen LogP contribution is 2.32. The number of carbonyl (C=O) groups excluding carboxylic acids is 4. The lowest BCUT2D eigenvalue weighted by atomic mass is 10.0. The summed E-state index contributed by atoms with van der Waals surface area (Å²) in [6.45, 7) is 3.67. The van der Waals surface area contributed by atoms with Gasteiger partial charge in [-0.1, -0.05) is 37.6 Å². The monoisotopic (exact) mass is 475 g/mol. The standard InChI is InChI=1S/C22H22ClN3O5S/c1-13(2)18(25-19(27)16-4-3-11-31-16)20(28)24-9-10-26-21(29)17(32-22(26)30)12-14-5-7-15(23)8-6-14/h3-8,11-13,18H,9-10H2,1-2H3,(H,24,28)(H,25,27)/b17-12-. The topological polar surface area (TPSA) is 109 Å². The molecule has 0 bridgehead atoms. The van der Waals surface area contributed by atoms with E-state index in [1.807, 2.05) is 0 Å². The van der Waals surface area contributed by atoms with Crippen LogP contribution >= 0.6 is 23.4 Å². The molecule has 8 nitrogen and oxygen atoms in total. The van der Waals surface area contributed by atoms with E-state index < -0.39 is 29.0 Å². The first kappa shape index (κ1) is 23.6. The molecule has 1 fully saturated rings. The fourth-order valence-corrected chi connectivity index (χ4v) is 3.95. The molecule has 1 unspecified atom stereocenters. The van der Waals surface area contributed by atoms with Crippen LogP contribution in [-0.4, -0.2) is 47.0 Å². The predicted molar refractivity (Wildman–Crippen MR) is 122 cm³/mol. The second-order valence-corrected chi connectivity index (χ2v) is 8.78. The number of benzene rings is 1. The van der Waals surface area contributed by atoms with Gasteiger partial charge in [0.1, 0.15) is 6.04 Å². The number of nitrogens with one attached hydrogen (secondary N) is 2. The van der Waals surface area contributed by atoms with Gasteiger partial charge in [-0.25, -0.2) is 0 Å². The zero-order valence-electron chi connectivity index (χ0n) is 17.5. The number of rotatable bonds is 8. The third kappa shape index (κ3) is 5.80. The molecule has 1 aromatic heterocycles. The van der Waals surface area contributed by atoms with Gasteiger partial charge in [0.05, 0.1) is 11.2 Å². The van der Waals surface area contributed by atoms with Gasteiger partial charge >= 0.3 is 0 Å². The SMILES string of the molecule is CC(C)C(NC(=O)c1ccco1)C(=O)NCCN1C(=O)S/C(=C\c2ccc(Cl)cc2)C1=O. The van der Waals surface area contributed by atoms with Gasteiger partial charge in [-0.2, -0.15) is 0 Å². The molecule has 2 heterocycles. The summed E-state index contributed by atoms with van der Waals surface area (Å²) in [5.74, 6) is -1.41. The lowest BCUT2D eigenvalue weighted by Gasteiger charge is -2.22. The van der Waals surface area contributed by atoms with Gasteiger partial charge < -0.3 is 15.1 Å². The van der Waals surface area contributed by atoms with E-state index in [0.717, 1.165) is 22.2 Å². The summed E-state index contributed by atoms with van der Waals surface area (Å²) < 4.78 is 5.05. The van der Waals surface area contributed by atoms with Crippen LogP contribution in [0.15, 0.2) is 52.0 Å². The van der Waals surface area contributed by atoms with Gasteiger partial charge in [0.25, 0.3) is 17.1 Å². The fourth-order valence-electron chi connectivity index (χ4n) is 2.96. The molecule has 2 aromatic rings. The molecule has 0 radical (unpaired) electrons. The number of thioether (sulfide) groups is 1. The van der Waals surface area contributed by atoms with E-state index in [1.54, 1.807) is 50.3 Å². The molecule has 32 heavy (non-hydrogen) atoms. The van der Waals surface area contributed by atoms with E-state index in [1.165, 1.54) is 12.3 Å². The Morgan fingerprint density at radius 3 is 2.53 bits per heavy atom. The van der Waals surface area contributed by atoms with E-state index in [4.69, 9.17) is 16.0 Å². The fraction of sp³-hybridized carbons (Fsp3) is 0.273. The summed E-state index contributed by atoms with van der Waals surface area (Å²) in [5, 5.41) is 5.49. The predicted octanol–water partition coefficient (Wildman–Crippen LogP) is 3.54. The number of hydrogen-bond acceptors (Lipinski definition) is 6. The molecular weight excluding hydrogens is 454 g/mol. The maximum Gasteiger partial charge on any atom is 0.293 e. The molecular formula is C22H22ClN3O5S. The molecule has 0 saturated carbocycles. The van der Waals surface area contributed by atoms with Crippen molar-refractivity contribution in [1.29, 1.82) is 0 Å². The van der Waals surface area contributed by atoms with Crippen LogP contribution in [0.5, 0.6) is 0 Å². The van der Waals surface area contributed by atoms with E-state index in [0.29, 0.717) is 9.93 Å². The summed E-state index contributed by atoms with van der Waals surface area (Å²) in [5.41, 5.74) is 0.750. The van der Waals surface area contributed by atoms with E-state index in [-0.39, 0.29) is 24.8 Å². The van der Waals surface area contributed by atoms with Crippen molar-refractivity contribution in [2.45, 2.75) is 19.9 Å². The van der Waals surface area contributed by atoms with Crippen LogP contribution in [-0.2, 0) is 9.59 Å². The first-order chi connectivity index (χ1) is 15.3. The molecule has 4 amide bonds. The summed E-state index contributed by atoms with van der Waals surface area (Å²) >= 11 is 6.71. The van der Waals surface area contributed by atoms with Gasteiger partial charge in [0.2, 0.25) is 5.91 Å². The second-order valence-electron chi connectivity index (χ2n) is 7.35. The van der Waals surface area contributed by atoms with Crippen LogP contribution < -0.4 is 10.6 Å². The Bertz CT molecular complexity index is 1030. The minimum atomic E-state index is -0.799. The van der Waals surface area contributed by atoms with Crippen molar-refractivity contribution in [3.8, 4) is 0 Å². The molecule has 1 saturated heterocycles. The maximum atomic E-state index is 12.6. The van der Waals surface area contributed by atoms with Gasteiger partial charge in [-0.05, 0) is 53.6 Å². The number of halogens is 1. The number of nitrogens with zero attached hydrogens (tertiary/aromatic N) is 1. The Kier molecular flexibility index (Phi) is 7.76. The number of furan rings is 1. The Labute approximate surface area is 194 Å². The highest BCUT2D eigenvalue weighted by atomic mass is 35.5. The van der Waals surface area contributed by atoms with Crippen molar-refractivity contribution in [3.63, 3.8) is 0 Å². The average Bonchev–Trinajstić information content (AvgIpc) is 3.38. The van der Waals surface area contributed by atoms with Crippen molar-refractivity contribution in [1.82, 2.24) is 15.5 Å². The largest absolute Gasteiger partial charge is 0.459 e. The van der Waals surface area contributed by atoms with Crippen molar-refractivity contribution in [2.24, 2.45) is 5.92 Å². The average molecular weight is 476 g/mol. The van der Waals surface area contributed by atoms with Crippen LogP contribution in [0.4, 0.5) is 4.79 Å². The highest BCUT2D eigenvalue weighted by molar-refractivity contribution is 8.18. The van der Waals surface area contributed by atoms with E-state index in [9.17, 15) is 19.2 Å². The number of carbonyl (C=O) groups is 4. The molecule has 2 N–H and O–H groups in total. The molecule has 10 heteroatoms. The first-order valence-corrected chi connectivity index (χ1v) is 11.1. The first-order valence-electron chi connectivity index (χ1n) is 9.89. The smallest absolute Gasteiger partial charge is 0.293 e. The van der Waals surface area contributed by atoms with Crippen molar-refractivity contribution >= 4 is 52.4 Å². The third-order valence-corrected chi connectivity index (χ3v) is 5.82. The molecule has 1 aliphatic rings. The zero-order valence-corrected chi connectivity index (χ0v) is 19.0. The summed E-state index contributed by atoms with van der Waals surface area (Å²) in [6, 6.07) is 9.18. The van der Waals surface area contributed by atoms with Crippen LogP contribution in [0, 0.1) is 5.92 Å². The highest BCUT2D eigenvalue weighted by Gasteiger charge is 2.35. The van der Waals surface area contributed by atoms with E-state index >= 15 is 0 Å². The molecule has 1 atom stereocenters. The van der Waals surface area contributed by atoms with Crippen molar-refractivity contribution in [2.75, 3.05) is 13.1 Å². The number of imide groups is 1. The molecule has 0 aliphatic carbocycles. The number of amides is 4. The quantitative estimate of drug-likeness (QED) is 0.565. The Balaban J connectivity index is 1.55. The lowest BCUT2D eigenvalue weighted by Crippen LogP contribution is -2.51. The summed E-state index contributed by atoms with van der Waals surface area (Å²) in [7, 11) is 0. The van der Waals surface area contributed by atoms with E-state index in [2.05, 4.69) is 10.6 Å². The lowest BCUT2D eigenvalue weighted by molar-refractivity contribution is -0.125. The summed E-state index contributed by atoms with van der Waals surface area (Å²) in [4.78, 5) is 51.0. The molecule has 1 aliphatic heterocycles. The van der Waals surface area contributed by atoms with Gasteiger partial charge in [0, 0.05) is 18.1 Å². The Hall–Kier alpha value is -3.04. The minimum absolute atomic E-state index is 0.0192. The second kappa shape index (κ2) is 10.5. The van der Waals surface area contributed by atoms with Gasteiger partial charge in [0.15, 0.2) is 5.76 Å². The molecule has 3 rings (SSSR count).